The summed E-state index contributed by atoms with van der Waals surface area (Å²) < 4.78 is 17.9. The average molecular weight is 180 g/mol. The van der Waals surface area contributed by atoms with Gasteiger partial charge < -0.3 is 10.3 Å². The van der Waals surface area contributed by atoms with Gasteiger partial charge in [-0.05, 0) is 19.1 Å². The maximum Gasteiger partial charge on any atom is 0.169 e. The molecule has 0 saturated heterocycles. The number of fused-ring (bicyclic) bond motifs is 1. The second kappa shape index (κ2) is 2.73. The maximum absolute atomic E-state index is 12.9. The number of nitrogens with zero attached hydrogens (tertiary/aromatic N) is 1. The average Bonchev–Trinajstić information content (AvgIpc) is 2.46. The van der Waals surface area contributed by atoms with Crippen molar-refractivity contribution in [3.63, 3.8) is 0 Å². The van der Waals surface area contributed by atoms with Crippen LogP contribution in [0.5, 0.6) is 0 Å². The number of halogens is 1. The Labute approximate surface area is 74.3 Å². The van der Waals surface area contributed by atoms with Crippen LogP contribution in [0.15, 0.2) is 22.7 Å². The van der Waals surface area contributed by atoms with Gasteiger partial charge in [-0.3, -0.25) is 0 Å². The molecule has 2 N–H and O–H groups in total. The Kier molecular flexibility index (Phi) is 1.69. The van der Waals surface area contributed by atoms with E-state index in [9.17, 15) is 4.39 Å². The second-order valence-corrected chi connectivity index (χ2v) is 2.94. The van der Waals surface area contributed by atoms with Gasteiger partial charge in [0.25, 0.3) is 0 Å². The number of alkyl halides is 1. The van der Waals surface area contributed by atoms with Crippen molar-refractivity contribution in [2.24, 2.45) is 0 Å². The highest BCUT2D eigenvalue weighted by Gasteiger charge is 2.13. The smallest absolute Gasteiger partial charge is 0.169 e. The summed E-state index contributed by atoms with van der Waals surface area (Å²) in [6.07, 6.45) is -1.12. The predicted octanol–water partition coefficient (Wildman–Crippen LogP) is 2.44. The molecule has 0 amide bonds. The van der Waals surface area contributed by atoms with Crippen LogP contribution < -0.4 is 5.73 Å². The Hall–Kier alpha value is -1.58. The van der Waals surface area contributed by atoms with Gasteiger partial charge in [-0.15, -0.1) is 0 Å². The lowest BCUT2D eigenvalue weighted by Gasteiger charge is -1.95. The second-order valence-electron chi connectivity index (χ2n) is 2.94. The monoisotopic (exact) mass is 180 g/mol. The topological polar surface area (TPSA) is 52.0 Å². The Morgan fingerprint density at radius 3 is 3.00 bits per heavy atom. The van der Waals surface area contributed by atoms with Crippen molar-refractivity contribution in [2.45, 2.75) is 13.1 Å². The third-order valence-electron chi connectivity index (χ3n) is 1.90. The number of hydrogen-bond acceptors (Lipinski definition) is 3. The van der Waals surface area contributed by atoms with Gasteiger partial charge in [0.2, 0.25) is 0 Å². The highest BCUT2D eigenvalue weighted by molar-refractivity contribution is 5.82. The highest BCUT2D eigenvalue weighted by atomic mass is 19.1. The minimum atomic E-state index is -1.12. The van der Waals surface area contributed by atoms with Crippen molar-refractivity contribution in [3.05, 3.63) is 23.9 Å². The summed E-state index contributed by atoms with van der Waals surface area (Å²) >= 11 is 0. The van der Waals surface area contributed by atoms with E-state index in [0.29, 0.717) is 22.4 Å². The van der Waals surface area contributed by atoms with E-state index < -0.39 is 6.17 Å². The summed E-state index contributed by atoms with van der Waals surface area (Å²) in [6, 6.07) is 5.05. The van der Waals surface area contributed by atoms with Gasteiger partial charge in [0.05, 0.1) is 0 Å². The molecule has 13 heavy (non-hydrogen) atoms. The molecule has 1 atom stereocenters. The quantitative estimate of drug-likeness (QED) is 0.685. The van der Waals surface area contributed by atoms with Crippen molar-refractivity contribution in [1.82, 2.24) is 5.16 Å². The van der Waals surface area contributed by atoms with E-state index in [0.717, 1.165) is 0 Å². The van der Waals surface area contributed by atoms with Crippen LogP contribution in [0.2, 0.25) is 0 Å². The summed E-state index contributed by atoms with van der Waals surface area (Å²) in [5.74, 6) is 0. The Bertz CT molecular complexity index is 436. The lowest BCUT2D eigenvalue weighted by molar-refractivity contribution is 0.342. The van der Waals surface area contributed by atoms with E-state index in [1.807, 2.05) is 0 Å². The van der Waals surface area contributed by atoms with Crippen LogP contribution in [0.3, 0.4) is 0 Å². The molecule has 68 valence electrons. The Balaban J connectivity index is 2.69. The SMILES string of the molecule is CC(F)c1noc2cc(N)ccc12. The van der Waals surface area contributed by atoms with Crippen LogP contribution in [-0.2, 0) is 0 Å². The molecule has 1 aromatic carbocycles. The highest BCUT2D eigenvalue weighted by Crippen LogP contribution is 2.26. The lowest BCUT2D eigenvalue weighted by Crippen LogP contribution is -1.86. The van der Waals surface area contributed by atoms with E-state index in [2.05, 4.69) is 5.16 Å². The maximum atomic E-state index is 12.9. The fourth-order valence-electron chi connectivity index (χ4n) is 1.26. The third-order valence-corrected chi connectivity index (χ3v) is 1.90. The molecule has 4 heteroatoms. The first-order chi connectivity index (χ1) is 6.18. The molecule has 0 aliphatic carbocycles. The van der Waals surface area contributed by atoms with Crippen LogP contribution in [0.1, 0.15) is 18.8 Å². The zero-order chi connectivity index (χ0) is 9.42. The van der Waals surface area contributed by atoms with Gasteiger partial charge >= 0.3 is 0 Å². The summed E-state index contributed by atoms with van der Waals surface area (Å²) in [7, 11) is 0. The van der Waals surface area contributed by atoms with Crippen molar-refractivity contribution < 1.29 is 8.91 Å². The lowest BCUT2D eigenvalue weighted by atomic mass is 10.1. The molecule has 0 aliphatic heterocycles. The summed E-state index contributed by atoms with van der Waals surface area (Å²) in [6.45, 7) is 1.42. The van der Waals surface area contributed by atoms with E-state index >= 15 is 0 Å². The predicted molar refractivity (Wildman–Crippen MR) is 47.9 cm³/mol. The van der Waals surface area contributed by atoms with Gasteiger partial charge in [0.1, 0.15) is 11.9 Å². The van der Waals surface area contributed by atoms with E-state index in [1.165, 1.54) is 6.92 Å². The van der Waals surface area contributed by atoms with Crippen molar-refractivity contribution in [1.29, 1.82) is 0 Å². The fourth-order valence-corrected chi connectivity index (χ4v) is 1.26. The first kappa shape index (κ1) is 8.04. The minimum absolute atomic E-state index is 0.329. The Morgan fingerprint density at radius 1 is 1.54 bits per heavy atom. The first-order valence-corrected chi connectivity index (χ1v) is 3.97. The summed E-state index contributed by atoms with van der Waals surface area (Å²) in [5.41, 5.74) is 6.97. The zero-order valence-corrected chi connectivity index (χ0v) is 7.12. The normalized spacial score (nSPS) is 13.4. The van der Waals surface area contributed by atoms with Crippen LogP contribution in [0.25, 0.3) is 11.0 Å². The zero-order valence-electron chi connectivity index (χ0n) is 7.12. The van der Waals surface area contributed by atoms with E-state index in [1.54, 1.807) is 18.2 Å². The molecule has 0 bridgehead atoms. The molecule has 0 radical (unpaired) electrons. The molecule has 1 aromatic heterocycles. The number of anilines is 1. The van der Waals surface area contributed by atoms with Crippen molar-refractivity contribution in [3.8, 4) is 0 Å². The third kappa shape index (κ3) is 1.24. The molecular formula is C9H9FN2O. The molecule has 0 saturated carbocycles. The number of rotatable bonds is 1. The molecule has 1 heterocycles. The number of benzene rings is 1. The van der Waals surface area contributed by atoms with Crippen molar-refractivity contribution >= 4 is 16.7 Å². The molecule has 0 spiro atoms. The van der Waals surface area contributed by atoms with Crippen LogP contribution >= 0.6 is 0 Å². The van der Waals surface area contributed by atoms with Gasteiger partial charge in [-0.1, -0.05) is 5.16 Å². The minimum Gasteiger partial charge on any atom is -0.399 e. The molecule has 2 rings (SSSR count). The number of hydrogen-bond donors (Lipinski definition) is 1. The van der Waals surface area contributed by atoms with Gasteiger partial charge in [0, 0.05) is 17.1 Å². The standard InChI is InChI=1S/C9H9FN2O/c1-5(10)9-7-3-2-6(11)4-8(7)13-12-9/h2-5H,11H2,1H3. The molecule has 0 fully saturated rings. The largest absolute Gasteiger partial charge is 0.399 e. The van der Waals surface area contributed by atoms with Crippen LogP contribution in [0, 0.1) is 0 Å². The molecule has 3 nitrogen and oxygen atoms in total. The van der Waals surface area contributed by atoms with Gasteiger partial charge in [0.15, 0.2) is 5.58 Å². The van der Waals surface area contributed by atoms with Crippen molar-refractivity contribution in [2.75, 3.05) is 5.73 Å². The van der Waals surface area contributed by atoms with Crippen LogP contribution in [-0.4, -0.2) is 5.16 Å². The fraction of sp³-hybridized carbons (Fsp3) is 0.222. The first-order valence-electron chi connectivity index (χ1n) is 3.97. The molecule has 1 unspecified atom stereocenters. The number of nitrogens with two attached hydrogens (primary N) is 1. The number of aromatic nitrogens is 1. The number of nitrogen functional groups attached to an aromatic ring is 1. The van der Waals surface area contributed by atoms with Gasteiger partial charge in [-0.2, -0.15) is 0 Å². The molecule has 0 aliphatic rings. The van der Waals surface area contributed by atoms with Gasteiger partial charge in [-0.25, -0.2) is 4.39 Å². The summed E-state index contributed by atoms with van der Waals surface area (Å²) in [4.78, 5) is 0. The Morgan fingerprint density at radius 2 is 2.31 bits per heavy atom. The van der Waals surface area contributed by atoms with E-state index in [4.69, 9.17) is 10.3 Å². The molecule has 2 aromatic rings. The molecular weight excluding hydrogens is 171 g/mol. The summed E-state index contributed by atoms with van der Waals surface area (Å²) in [5, 5.41) is 4.31. The van der Waals surface area contributed by atoms with Crippen LogP contribution in [0.4, 0.5) is 10.1 Å². The van der Waals surface area contributed by atoms with E-state index in [-0.39, 0.29) is 0 Å².